The quantitative estimate of drug-likeness (QED) is 0.572. The van der Waals surface area contributed by atoms with Crippen LogP contribution in [0.3, 0.4) is 0 Å². The zero-order valence-electron chi connectivity index (χ0n) is 12.7. The van der Waals surface area contributed by atoms with Gasteiger partial charge in [0, 0.05) is 29.7 Å². The van der Waals surface area contributed by atoms with Crippen molar-refractivity contribution in [2.24, 2.45) is 0 Å². The number of nitrogens with zero attached hydrogens (tertiary/aromatic N) is 3. The highest BCUT2D eigenvalue weighted by molar-refractivity contribution is 5.81. The van der Waals surface area contributed by atoms with Gasteiger partial charge in [0.1, 0.15) is 5.75 Å². The van der Waals surface area contributed by atoms with E-state index in [1.165, 1.54) is 0 Å². The molecule has 0 aliphatic carbocycles. The largest absolute Gasteiger partial charge is 0.497 e. The second-order valence-corrected chi connectivity index (χ2v) is 5.27. The number of pyridine rings is 2. The summed E-state index contributed by atoms with van der Waals surface area (Å²) in [4.78, 5) is 4.07. The lowest BCUT2D eigenvalue weighted by Gasteiger charge is -2.05. The maximum absolute atomic E-state index is 5.20. The molecule has 0 N–H and O–H groups in total. The molecule has 0 amide bonds. The van der Waals surface area contributed by atoms with Gasteiger partial charge in [-0.2, -0.15) is 5.10 Å². The summed E-state index contributed by atoms with van der Waals surface area (Å²) in [5.41, 5.74) is 5.55. The molecule has 0 saturated carbocycles. The van der Waals surface area contributed by atoms with Gasteiger partial charge in [0.2, 0.25) is 0 Å². The molecule has 0 aliphatic heterocycles. The molecule has 0 unspecified atom stereocenters. The molecule has 112 valence electrons. The average Bonchev–Trinajstić information content (AvgIpc) is 3.06. The van der Waals surface area contributed by atoms with E-state index in [-0.39, 0.29) is 0 Å². The molecule has 4 nitrogen and oxygen atoms in total. The first kappa shape index (κ1) is 13.5. The van der Waals surface area contributed by atoms with Crippen molar-refractivity contribution in [2.75, 3.05) is 7.11 Å². The molecule has 0 bridgehead atoms. The van der Waals surface area contributed by atoms with Gasteiger partial charge in [0.25, 0.3) is 0 Å². The van der Waals surface area contributed by atoms with Crippen LogP contribution in [0.5, 0.6) is 5.75 Å². The maximum atomic E-state index is 5.20. The van der Waals surface area contributed by atoms with Crippen LogP contribution in [0.1, 0.15) is 0 Å². The minimum atomic E-state index is 0.855. The van der Waals surface area contributed by atoms with E-state index in [1.807, 2.05) is 53.3 Å². The average molecular weight is 301 g/mol. The fourth-order valence-corrected chi connectivity index (χ4v) is 2.69. The third-order valence-electron chi connectivity index (χ3n) is 3.93. The van der Waals surface area contributed by atoms with Crippen molar-refractivity contribution in [2.45, 2.75) is 0 Å². The number of ether oxygens (including phenoxy) is 1. The van der Waals surface area contributed by atoms with E-state index >= 15 is 0 Å². The van der Waals surface area contributed by atoms with Crippen LogP contribution in [-0.2, 0) is 0 Å². The van der Waals surface area contributed by atoms with Crippen LogP contribution < -0.4 is 4.74 Å². The first-order valence-electron chi connectivity index (χ1n) is 7.37. The molecule has 3 heterocycles. The van der Waals surface area contributed by atoms with Gasteiger partial charge < -0.3 is 4.74 Å². The molecule has 4 aromatic rings. The summed E-state index contributed by atoms with van der Waals surface area (Å²) in [6.45, 7) is 0. The Bertz CT molecular complexity index is 943. The molecular formula is C19H15N3O. The first-order chi connectivity index (χ1) is 11.3. The van der Waals surface area contributed by atoms with E-state index in [1.54, 1.807) is 19.5 Å². The monoisotopic (exact) mass is 301 g/mol. The Kier molecular flexibility index (Phi) is 3.27. The number of aromatic nitrogens is 3. The SMILES string of the molecule is COc1ccc(-c2ccc3c(-c4ccncc4)cnn3c2)cc1. The zero-order chi connectivity index (χ0) is 15.6. The summed E-state index contributed by atoms with van der Waals surface area (Å²) in [5, 5.41) is 4.49. The molecule has 0 aliphatic rings. The molecule has 0 radical (unpaired) electrons. The van der Waals surface area contributed by atoms with Crippen molar-refractivity contribution in [1.29, 1.82) is 0 Å². The Morgan fingerprint density at radius 2 is 1.57 bits per heavy atom. The second kappa shape index (κ2) is 5.57. The van der Waals surface area contributed by atoms with E-state index < -0.39 is 0 Å². The van der Waals surface area contributed by atoms with Crippen molar-refractivity contribution < 1.29 is 4.74 Å². The molecule has 0 saturated heterocycles. The normalized spacial score (nSPS) is 10.8. The molecule has 1 aromatic carbocycles. The summed E-state index contributed by atoms with van der Waals surface area (Å²) in [5.74, 6) is 0.855. The highest BCUT2D eigenvalue weighted by Gasteiger charge is 2.07. The highest BCUT2D eigenvalue weighted by atomic mass is 16.5. The summed E-state index contributed by atoms with van der Waals surface area (Å²) in [6.07, 6.45) is 7.53. The molecule has 23 heavy (non-hydrogen) atoms. The lowest BCUT2D eigenvalue weighted by Crippen LogP contribution is -1.89. The molecular weight excluding hydrogens is 286 g/mol. The Hall–Kier alpha value is -3.14. The molecule has 4 rings (SSSR count). The van der Waals surface area contributed by atoms with E-state index in [0.29, 0.717) is 0 Å². The van der Waals surface area contributed by atoms with Gasteiger partial charge in [-0.1, -0.05) is 18.2 Å². The molecule has 4 heteroatoms. The Balaban J connectivity index is 1.77. The van der Waals surface area contributed by atoms with Crippen molar-refractivity contribution in [3.8, 4) is 28.0 Å². The fraction of sp³-hybridized carbons (Fsp3) is 0.0526. The van der Waals surface area contributed by atoms with Gasteiger partial charge in [-0.15, -0.1) is 0 Å². The smallest absolute Gasteiger partial charge is 0.118 e. The Morgan fingerprint density at radius 3 is 2.30 bits per heavy atom. The van der Waals surface area contributed by atoms with E-state index in [0.717, 1.165) is 33.5 Å². The third-order valence-corrected chi connectivity index (χ3v) is 3.93. The van der Waals surface area contributed by atoms with Gasteiger partial charge in [0.15, 0.2) is 0 Å². The minimum Gasteiger partial charge on any atom is -0.497 e. The predicted octanol–water partition coefficient (Wildman–Crippen LogP) is 4.07. The summed E-state index contributed by atoms with van der Waals surface area (Å²) < 4.78 is 7.12. The van der Waals surface area contributed by atoms with Gasteiger partial charge in [-0.25, -0.2) is 4.52 Å². The van der Waals surface area contributed by atoms with Gasteiger partial charge in [-0.3, -0.25) is 4.98 Å². The topological polar surface area (TPSA) is 39.4 Å². The Labute approximate surface area is 134 Å². The summed E-state index contributed by atoms with van der Waals surface area (Å²) in [7, 11) is 1.67. The van der Waals surface area contributed by atoms with Crippen LogP contribution >= 0.6 is 0 Å². The number of benzene rings is 1. The van der Waals surface area contributed by atoms with Crippen LogP contribution in [0.25, 0.3) is 27.8 Å². The molecule has 0 atom stereocenters. The standard InChI is InChI=1S/C19H15N3O/c1-23-17-5-2-14(3-6-17)16-4-7-19-18(12-21-22(19)13-16)15-8-10-20-11-9-15/h2-13H,1H3. The van der Waals surface area contributed by atoms with Crippen molar-refractivity contribution in [3.63, 3.8) is 0 Å². The number of rotatable bonds is 3. The fourth-order valence-electron chi connectivity index (χ4n) is 2.69. The predicted molar refractivity (Wildman–Crippen MR) is 90.4 cm³/mol. The third kappa shape index (κ3) is 2.44. The summed E-state index contributed by atoms with van der Waals surface area (Å²) >= 11 is 0. The second-order valence-electron chi connectivity index (χ2n) is 5.27. The number of fused-ring (bicyclic) bond motifs is 1. The van der Waals surface area contributed by atoms with Crippen molar-refractivity contribution in [3.05, 3.63) is 73.3 Å². The zero-order valence-corrected chi connectivity index (χ0v) is 12.7. The van der Waals surface area contributed by atoms with Crippen LogP contribution in [0.15, 0.2) is 73.3 Å². The highest BCUT2D eigenvalue weighted by Crippen LogP contribution is 2.27. The minimum absolute atomic E-state index is 0.855. The van der Waals surface area contributed by atoms with Crippen LogP contribution in [0, 0.1) is 0 Å². The lowest BCUT2D eigenvalue weighted by atomic mass is 10.1. The van der Waals surface area contributed by atoms with Gasteiger partial charge >= 0.3 is 0 Å². The van der Waals surface area contributed by atoms with Crippen LogP contribution in [0.4, 0.5) is 0 Å². The van der Waals surface area contributed by atoms with Crippen molar-refractivity contribution in [1.82, 2.24) is 14.6 Å². The van der Waals surface area contributed by atoms with E-state index in [4.69, 9.17) is 4.74 Å². The van der Waals surface area contributed by atoms with Gasteiger partial charge in [-0.05, 0) is 41.5 Å². The lowest BCUT2D eigenvalue weighted by molar-refractivity contribution is 0.415. The van der Waals surface area contributed by atoms with Crippen LogP contribution in [0.2, 0.25) is 0 Å². The summed E-state index contributed by atoms with van der Waals surface area (Å²) in [6, 6.07) is 16.2. The number of methoxy groups -OCH3 is 1. The molecule has 0 spiro atoms. The molecule has 0 fully saturated rings. The van der Waals surface area contributed by atoms with Crippen molar-refractivity contribution >= 4 is 5.52 Å². The maximum Gasteiger partial charge on any atom is 0.118 e. The molecule has 3 aromatic heterocycles. The number of hydrogen-bond acceptors (Lipinski definition) is 3. The van der Waals surface area contributed by atoms with E-state index in [9.17, 15) is 0 Å². The Morgan fingerprint density at radius 1 is 0.826 bits per heavy atom. The van der Waals surface area contributed by atoms with Gasteiger partial charge in [0.05, 0.1) is 18.8 Å². The van der Waals surface area contributed by atoms with E-state index in [2.05, 4.69) is 22.2 Å². The van der Waals surface area contributed by atoms with Crippen LogP contribution in [-0.4, -0.2) is 21.7 Å². The first-order valence-corrected chi connectivity index (χ1v) is 7.37. The number of hydrogen-bond donors (Lipinski definition) is 0.